The predicted molar refractivity (Wildman–Crippen MR) is 186 cm³/mol. The molecule has 1 fully saturated rings. The summed E-state index contributed by atoms with van der Waals surface area (Å²) in [6.45, 7) is 16.0. The molecule has 4 aromatic rings. The molecule has 2 aromatic heterocycles. The van der Waals surface area contributed by atoms with E-state index in [-0.39, 0.29) is 17.0 Å². The molecule has 0 aliphatic carbocycles. The van der Waals surface area contributed by atoms with Crippen LogP contribution in [-0.4, -0.2) is 51.1 Å². The summed E-state index contributed by atoms with van der Waals surface area (Å²) in [6.07, 6.45) is 5.85. The average Bonchev–Trinajstić information content (AvgIpc) is 3.72. The van der Waals surface area contributed by atoms with Crippen LogP contribution in [0.15, 0.2) is 53.9 Å². The minimum Gasteiger partial charge on any atom is -0.383 e. The lowest BCUT2D eigenvalue weighted by atomic mass is 9.96. The molecule has 238 valence electrons. The number of thiazole rings is 1. The second-order valence-corrected chi connectivity index (χ2v) is 15.2. The topological polar surface area (TPSA) is 128 Å². The zero-order chi connectivity index (χ0) is 32.6. The summed E-state index contributed by atoms with van der Waals surface area (Å²) in [5.41, 5.74) is 14.8. The van der Waals surface area contributed by atoms with Gasteiger partial charge < -0.3 is 16.1 Å². The zero-order valence-electron chi connectivity index (χ0n) is 27.4. The number of hydrazine groups is 2. The molecule has 11 heteroatoms. The van der Waals surface area contributed by atoms with E-state index in [1.165, 1.54) is 0 Å². The Hall–Kier alpha value is -4.42. The largest absolute Gasteiger partial charge is 0.383 e. The van der Waals surface area contributed by atoms with Gasteiger partial charge in [0.2, 0.25) is 0 Å². The van der Waals surface area contributed by atoms with Crippen LogP contribution in [0.1, 0.15) is 77.1 Å². The number of nitriles is 2. The van der Waals surface area contributed by atoms with Crippen LogP contribution in [0.3, 0.4) is 0 Å². The molecule has 0 spiro atoms. The van der Waals surface area contributed by atoms with Gasteiger partial charge in [-0.2, -0.15) is 10.5 Å². The minimum atomic E-state index is -0.279. The third kappa shape index (κ3) is 6.45. The van der Waals surface area contributed by atoms with E-state index in [2.05, 4.69) is 107 Å². The van der Waals surface area contributed by atoms with Gasteiger partial charge in [-0.25, -0.2) is 4.98 Å². The first-order chi connectivity index (χ1) is 21.9. The van der Waals surface area contributed by atoms with Crippen molar-refractivity contribution < 1.29 is 0 Å². The smallest absolute Gasteiger partial charge is 0.103 e. The third-order valence-electron chi connectivity index (χ3n) is 8.74. The molecule has 1 saturated heterocycles. The number of fused-ring (bicyclic) bond motifs is 2. The summed E-state index contributed by atoms with van der Waals surface area (Å²) in [5, 5.41) is 30.4. The fourth-order valence-corrected chi connectivity index (χ4v) is 7.06. The number of likely N-dealkylation sites (tertiary alicyclic amines) is 1. The average molecular weight is 635 g/mol. The molecule has 1 atom stereocenters. The van der Waals surface area contributed by atoms with Crippen LogP contribution >= 0.6 is 11.3 Å². The van der Waals surface area contributed by atoms with Crippen LogP contribution in [0, 0.1) is 28.1 Å². The van der Waals surface area contributed by atoms with Gasteiger partial charge in [-0.05, 0) is 62.8 Å². The second kappa shape index (κ2) is 12.4. The Morgan fingerprint density at radius 1 is 1.04 bits per heavy atom. The lowest BCUT2D eigenvalue weighted by Crippen LogP contribution is -2.52. The van der Waals surface area contributed by atoms with Crippen molar-refractivity contribution in [2.45, 2.75) is 72.0 Å². The van der Waals surface area contributed by atoms with Gasteiger partial charge in [0, 0.05) is 54.7 Å². The summed E-state index contributed by atoms with van der Waals surface area (Å²) in [6, 6.07) is 14.7. The van der Waals surface area contributed by atoms with Gasteiger partial charge in [0.25, 0.3) is 0 Å². The molecule has 0 bridgehead atoms. The monoisotopic (exact) mass is 634 g/mol. The highest BCUT2D eigenvalue weighted by molar-refractivity contribution is 7.17. The van der Waals surface area contributed by atoms with Gasteiger partial charge in [0.05, 0.1) is 49.8 Å². The van der Waals surface area contributed by atoms with Gasteiger partial charge in [-0.15, -0.1) is 16.9 Å². The Morgan fingerprint density at radius 2 is 1.80 bits per heavy atom. The third-order valence-corrected chi connectivity index (χ3v) is 9.63. The van der Waals surface area contributed by atoms with E-state index < -0.39 is 0 Å². The van der Waals surface area contributed by atoms with E-state index in [4.69, 9.17) is 0 Å². The summed E-state index contributed by atoms with van der Waals surface area (Å²) in [4.78, 5) is 11.7. The predicted octanol–water partition coefficient (Wildman–Crippen LogP) is 6.63. The highest BCUT2D eigenvalue weighted by Gasteiger charge is 2.32. The van der Waals surface area contributed by atoms with E-state index in [0.717, 1.165) is 58.5 Å². The van der Waals surface area contributed by atoms with Crippen molar-refractivity contribution in [3.8, 4) is 12.1 Å². The number of pyridine rings is 1. The maximum absolute atomic E-state index is 10.2. The number of hydrogen-bond donors (Lipinski definition) is 4. The number of nitrogens with zero attached hydrogens (tertiary/aromatic N) is 6. The molecule has 46 heavy (non-hydrogen) atoms. The lowest BCUT2D eigenvalue weighted by molar-refractivity contribution is 0.0570. The van der Waals surface area contributed by atoms with E-state index in [9.17, 15) is 10.5 Å². The molecule has 10 nitrogen and oxygen atoms in total. The van der Waals surface area contributed by atoms with E-state index in [1.54, 1.807) is 17.5 Å². The molecule has 0 unspecified atom stereocenters. The summed E-state index contributed by atoms with van der Waals surface area (Å²) < 4.78 is 1.10. The van der Waals surface area contributed by atoms with Crippen molar-refractivity contribution in [2.75, 3.05) is 30.3 Å². The Kier molecular flexibility index (Phi) is 8.51. The molecule has 6 rings (SSSR count). The van der Waals surface area contributed by atoms with Crippen molar-refractivity contribution >= 4 is 43.8 Å². The fraction of sp³-hybridized carbons (Fsp3) is 0.429. The van der Waals surface area contributed by atoms with Crippen molar-refractivity contribution in [3.63, 3.8) is 0 Å². The Labute approximate surface area is 275 Å². The highest BCUT2D eigenvalue weighted by atomic mass is 32.1. The number of hydrogen-bond acceptors (Lipinski definition) is 11. The molecule has 0 saturated carbocycles. The molecule has 4 heterocycles. The fourth-order valence-electron chi connectivity index (χ4n) is 6.23. The van der Waals surface area contributed by atoms with Crippen LogP contribution in [-0.2, 0) is 0 Å². The Morgan fingerprint density at radius 3 is 2.50 bits per heavy atom. The van der Waals surface area contributed by atoms with Crippen molar-refractivity contribution in [1.82, 2.24) is 30.8 Å². The van der Waals surface area contributed by atoms with E-state index in [0.29, 0.717) is 34.9 Å². The zero-order valence-corrected chi connectivity index (χ0v) is 28.2. The van der Waals surface area contributed by atoms with Gasteiger partial charge in [-0.3, -0.25) is 14.9 Å². The normalized spacial score (nSPS) is 17.0. The number of piperidine rings is 1. The van der Waals surface area contributed by atoms with Crippen LogP contribution in [0.2, 0.25) is 0 Å². The van der Waals surface area contributed by atoms with Crippen molar-refractivity contribution in [1.29, 1.82) is 10.5 Å². The molecule has 2 aliphatic rings. The Bertz CT molecular complexity index is 1860. The number of nitrogens with one attached hydrogen (secondary N) is 4. The van der Waals surface area contributed by atoms with Crippen LogP contribution in [0.25, 0.3) is 21.1 Å². The van der Waals surface area contributed by atoms with Crippen molar-refractivity contribution in [3.05, 3.63) is 70.6 Å². The van der Waals surface area contributed by atoms with Gasteiger partial charge in [-0.1, -0.05) is 32.9 Å². The molecule has 0 radical (unpaired) electrons. The van der Waals surface area contributed by atoms with E-state index in [1.807, 2.05) is 29.8 Å². The first-order valence-corrected chi connectivity index (χ1v) is 16.7. The van der Waals surface area contributed by atoms with Gasteiger partial charge >= 0.3 is 0 Å². The molecule has 2 aromatic carbocycles. The maximum atomic E-state index is 10.2. The second-order valence-electron chi connectivity index (χ2n) is 14.3. The number of aromatic nitrogens is 2. The standard InChI is InChI=1S/C35H42N10S/c1-34(2,3)20-39-31-23(17-37)18-38-30-22(16-36)14-24(15-27(30)31)41-32(26-8-7-9-28-33(26)46-21-40-28)29-19-45(43-42-29)25-10-12-44(13-11-25)35(4,5)6/h7-9,14-15,18-19,21,25,32,41-43H,10-13,20H2,1-6H3,(H,38,39)/t32-/m0/s1. The quantitative estimate of drug-likeness (QED) is 0.176. The first-order valence-electron chi connectivity index (χ1n) is 15.8. The van der Waals surface area contributed by atoms with Gasteiger partial charge in [0.15, 0.2) is 0 Å². The number of rotatable bonds is 7. The molecular formula is C35H42N10S. The van der Waals surface area contributed by atoms with Crippen LogP contribution < -0.4 is 21.6 Å². The molecule has 0 amide bonds. The number of anilines is 2. The summed E-state index contributed by atoms with van der Waals surface area (Å²) >= 11 is 1.62. The molecule has 2 aliphatic heterocycles. The summed E-state index contributed by atoms with van der Waals surface area (Å²) in [7, 11) is 0. The Balaban J connectivity index is 1.39. The van der Waals surface area contributed by atoms with Gasteiger partial charge in [0.1, 0.15) is 12.1 Å². The van der Waals surface area contributed by atoms with Crippen LogP contribution in [0.4, 0.5) is 11.4 Å². The van der Waals surface area contributed by atoms with E-state index >= 15 is 0 Å². The lowest BCUT2D eigenvalue weighted by Gasteiger charge is -2.42. The maximum Gasteiger partial charge on any atom is 0.103 e. The minimum absolute atomic E-state index is 0.0163. The molecular weight excluding hydrogens is 593 g/mol. The SMILES string of the molecule is CC(C)(C)CNc1c(C#N)cnc2c(C#N)cc(N[C@H](C3=CN(C4CCN(C(C)(C)C)CC4)NN3)c3cccc4ncsc34)cc12. The van der Waals surface area contributed by atoms with Crippen molar-refractivity contribution in [2.24, 2.45) is 5.41 Å². The highest BCUT2D eigenvalue weighted by Crippen LogP contribution is 2.37. The van der Waals surface area contributed by atoms with Crippen LogP contribution in [0.5, 0.6) is 0 Å². The first kappa shape index (κ1) is 31.6. The number of benzene rings is 2. The summed E-state index contributed by atoms with van der Waals surface area (Å²) in [5.74, 6) is 0. The molecule has 4 N–H and O–H groups in total.